The van der Waals surface area contributed by atoms with Crippen LogP contribution in [0.25, 0.3) is 0 Å². The number of rotatable bonds is 2. The van der Waals surface area contributed by atoms with Gasteiger partial charge in [-0.2, -0.15) is 0 Å². The lowest BCUT2D eigenvalue weighted by atomic mass is 10.2. The van der Waals surface area contributed by atoms with Crippen LogP contribution in [0.15, 0.2) is 0 Å². The lowest BCUT2D eigenvalue weighted by Crippen LogP contribution is -2.30. The van der Waals surface area contributed by atoms with E-state index in [2.05, 4.69) is 12.2 Å². The van der Waals surface area contributed by atoms with Crippen LogP contribution in [0.5, 0.6) is 0 Å². The van der Waals surface area contributed by atoms with Gasteiger partial charge in [-0.15, -0.1) is 0 Å². The molecule has 16 heavy (non-hydrogen) atoms. The average Bonchev–Trinajstić information content (AvgIpc) is 2.20. The molecule has 0 spiro atoms. The van der Waals surface area contributed by atoms with E-state index in [-0.39, 0.29) is 11.7 Å². The van der Waals surface area contributed by atoms with Crippen LogP contribution in [0.4, 0.5) is 4.79 Å². The van der Waals surface area contributed by atoms with Gasteiger partial charge in [0.25, 0.3) is 0 Å². The molecule has 100 valence electrons. The smallest absolute Gasteiger partial charge is 0.407 e. The highest BCUT2D eigenvalue weighted by molar-refractivity contribution is 5.67. The molecule has 4 nitrogen and oxygen atoms in total. The van der Waals surface area contributed by atoms with Crippen LogP contribution >= 0.6 is 0 Å². The first kappa shape index (κ1) is 20.6. The van der Waals surface area contributed by atoms with Gasteiger partial charge in [-0.3, -0.25) is 0 Å². The predicted molar refractivity (Wildman–Crippen MR) is 68.6 cm³/mol. The Kier molecular flexibility index (Phi) is 18.3. The van der Waals surface area contributed by atoms with E-state index in [0.717, 1.165) is 12.8 Å². The van der Waals surface area contributed by atoms with Crippen LogP contribution in [0.3, 0.4) is 0 Å². The molecule has 0 atom stereocenters. The van der Waals surface area contributed by atoms with Gasteiger partial charge in [-0.25, -0.2) is 4.79 Å². The van der Waals surface area contributed by atoms with E-state index in [4.69, 9.17) is 9.84 Å². The monoisotopic (exact) mass is 235 g/mol. The van der Waals surface area contributed by atoms with Gasteiger partial charge in [0.1, 0.15) is 5.60 Å². The fourth-order valence-corrected chi connectivity index (χ4v) is 0.487. The fraction of sp³-hybridized carbons (Fsp3) is 0.917. The van der Waals surface area contributed by atoms with Crippen molar-refractivity contribution in [1.29, 1.82) is 0 Å². The second-order valence-corrected chi connectivity index (χ2v) is 3.83. The van der Waals surface area contributed by atoms with Crippen molar-refractivity contribution in [3.63, 3.8) is 0 Å². The zero-order valence-electron chi connectivity index (χ0n) is 11.9. The maximum Gasteiger partial charge on any atom is 0.407 e. The second kappa shape index (κ2) is 14.2. The number of alkyl carbamates (subject to hydrolysis) is 1. The molecule has 0 saturated carbocycles. The number of aliphatic hydroxyl groups is 1. The summed E-state index contributed by atoms with van der Waals surface area (Å²) < 4.78 is 4.84. The number of carbonyl (C=O) groups is 1. The third kappa shape index (κ3) is 29.2. The van der Waals surface area contributed by atoms with Crippen LogP contribution in [0, 0.1) is 0 Å². The number of carbonyl (C=O) groups excluding carboxylic acids is 1. The van der Waals surface area contributed by atoms with Gasteiger partial charge in [0.15, 0.2) is 0 Å². The van der Waals surface area contributed by atoms with Crippen LogP contribution in [0.1, 0.15) is 54.4 Å². The Morgan fingerprint density at radius 2 is 1.75 bits per heavy atom. The summed E-state index contributed by atoms with van der Waals surface area (Å²) in [7, 11) is 1.54. The zero-order valence-corrected chi connectivity index (χ0v) is 11.9. The third-order valence-corrected chi connectivity index (χ3v) is 1.11. The van der Waals surface area contributed by atoms with Crippen molar-refractivity contribution in [2.45, 2.75) is 60.0 Å². The van der Waals surface area contributed by atoms with Crippen molar-refractivity contribution in [2.75, 3.05) is 13.7 Å². The summed E-state index contributed by atoms with van der Waals surface area (Å²) >= 11 is 0. The first-order valence-electron chi connectivity index (χ1n) is 5.89. The van der Waals surface area contributed by atoms with Gasteiger partial charge in [0, 0.05) is 13.7 Å². The third-order valence-electron chi connectivity index (χ3n) is 1.11. The van der Waals surface area contributed by atoms with Crippen LogP contribution in [-0.2, 0) is 4.74 Å². The van der Waals surface area contributed by atoms with Gasteiger partial charge < -0.3 is 15.2 Å². The van der Waals surface area contributed by atoms with E-state index in [1.165, 1.54) is 7.05 Å². The highest BCUT2D eigenvalue weighted by Gasteiger charge is 2.13. The molecule has 0 aromatic rings. The molecule has 0 heterocycles. The van der Waals surface area contributed by atoms with E-state index in [1.807, 2.05) is 34.6 Å². The van der Waals surface area contributed by atoms with Crippen molar-refractivity contribution < 1.29 is 14.6 Å². The standard InChI is InChI=1S/C6H13NO2.C4H10O.C2H6/c1-6(2,3)9-5(8)7-4;1-2-3-4-5;1-2/h1-4H3,(H,7,8);5H,2-4H2,1H3;1-2H3. The Balaban J connectivity index is -0.000000205. The van der Waals surface area contributed by atoms with Crippen molar-refractivity contribution in [3.05, 3.63) is 0 Å². The Hall–Kier alpha value is -0.770. The lowest BCUT2D eigenvalue weighted by Gasteiger charge is -2.18. The Bertz CT molecular complexity index is 140. The summed E-state index contributed by atoms with van der Waals surface area (Å²) in [6.45, 7) is 11.9. The van der Waals surface area contributed by atoms with Gasteiger partial charge in [-0.05, 0) is 27.2 Å². The molecule has 0 unspecified atom stereocenters. The maximum atomic E-state index is 10.5. The minimum absolute atomic E-state index is 0.344. The molecule has 0 fully saturated rings. The highest BCUT2D eigenvalue weighted by Crippen LogP contribution is 2.05. The first-order chi connectivity index (χ1) is 7.37. The average molecular weight is 235 g/mol. The number of hydrogen-bond donors (Lipinski definition) is 2. The second-order valence-electron chi connectivity index (χ2n) is 3.83. The van der Waals surface area contributed by atoms with Crippen LogP contribution in [-0.4, -0.2) is 30.5 Å². The van der Waals surface area contributed by atoms with E-state index in [0.29, 0.717) is 6.61 Å². The topological polar surface area (TPSA) is 58.6 Å². The molecule has 0 bridgehead atoms. The summed E-state index contributed by atoms with van der Waals surface area (Å²) in [4.78, 5) is 10.5. The van der Waals surface area contributed by atoms with Crippen LogP contribution < -0.4 is 5.32 Å². The van der Waals surface area contributed by atoms with Crippen molar-refractivity contribution in [1.82, 2.24) is 5.32 Å². The number of amides is 1. The number of nitrogens with one attached hydrogen (secondary N) is 1. The predicted octanol–water partition coefficient (Wildman–Crippen LogP) is 2.95. The summed E-state index contributed by atoms with van der Waals surface area (Å²) in [6.07, 6.45) is 1.65. The maximum absolute atomic E-state index is 10.5. The molecule has 4 heteroatoms. The Morgan fingerprint density at radius 3 is 1.81 bits per heavy atom. The SMILES string of the molecule is CC.CCCCO.CNC(=O)OC(C)(C)C. The molecule has 0 aliphatic rings. The zero-order chi connectivity index (χ0) is 13.6. The molecule has 0 radical (unpaired) electrons. The van der Waals surface area contributed by atoms with Gasteiger partial charge in [-0.1, -0.05) is 27.2 Å². The Labute approximate surface area is 100 Å². The molecule has 0 aromatic heterocycles. The number of aliphatic hydroxyl groups excluding tert-OH is 1. The van der Waals surface area contributed by atoms with Crippen LogP contribution in [0.2, 0.25) is 0 Å². The molecule has 0 aliphatic carbocycles. The van der Waals surface area contributed by atoms with Crippen molar-refractivity contribution in [2.24, 2.45) is 0 Å². The molecule has 0 rings (SSSR count). The summed E-state index contributed by atoms with van der Waals surface area (Å²) in [6, 6.07) is 0. The fourth-order valence-electron chi connectivity index (χ4n) is 0.487. The van der Waals surface area contributed by atoms with Gasteiger partial charge in [0.2, 0.25) is 0 Å². The normalized spacial score (nSPS) is 9.00. The molecule has 0 aliphatic heterocycles. The minimum atomic E-state index is -0.389. The quantitative estimate of drug-likeness (QED) is 0.773. The van der Waals surface area contributed by atoms with E-state index in [9.17, 15) is 4.79 Å². The van der Waals surface area contributed by atoms with Crippen molar-refractivity contribution >= 4 is 6.09 Å². The summed E-state index contributed by atoms with van der Waals surface area (Å²) in [5.41, 5.74) is -0.389. The Morgan fingerprint density at radius 1 is 1.31 bits per heavy atom. The minimum Gasteiger partial charge on any atom is -0.444 e. The molecule has 0 aromatic carbocycles. The molecule has 0 saturated heterocycles. The summed E-state index contributed by atoms with van der Waals surface area (Å²) in [5, 5.41) is 10.4. The largest absolute Gasteiger partial charge is 0.444 e. The molecular weight excluding hydrogens is 206 g/mol. The lowest BCUT2D eigenvalue weighted by molar-refractivity contribution is 0.0541. The molecule has 1 amide bonds. The number of unbranched alkanes of at least 4 members (excludes halogenated alkanes) is 1. The summed E-state index contributed by atoms with van der Waals surface area (Å²) in [5.74, 6) is 0. The highest BCUT2D eigenvalue weighted by atomic mass is 16.6. The number of hydrogen-bond acceptors (Lipinski definition) is 3. The number of ether oxygens (including phenoxy) is 1. The molecular formula is C12H29NO3. The van der Waals surface area contributed by atoms with Gasteiger partial charge >= 0.3 is 6.09 Å². The van der Waals surface area contributed by atoms with Gasteiger partial charge in [0.05, 0.1) is 0 Å². The van der Waals surface area contributed by atoms with Crippen molar-refractivity contribution in [3.8, 4) is 0 Å². The molecule has 2 N–H and O–H groups in total. The van der Waals surface area contributed by atoms with E-state index >= 15 is 0 Å². The van der Waals surface area contributed by atoms with E-state index < -0.39 is 0 Å². The van der Waals surface area contributed by atoms with E-state index in [1.54, 1.807) is 0 Å². The first-order valence-corrected chi connectivity index (χ1v) is 5.89.